The number of hydrazine groups is 1. The highest BCUT2D eigenvalue weighted by molar-refractivity contribution is 5.66. The topological polar surface area (TPSA) is 124 Å². The summed E-state index contributed by atoms with van der Waals surface area (Å²) in [4.78, 5) is 15.9. The number of aromatic nitrogens is 1. The lowest BCUT2D eigenvalue weighted by atomic mass is 10.1. The first-order chi connectivity index (χ1) is 13.6. The Labute approximate surface area is 170 Å². The summed E-state index contributed by atoms with van der Waals surface area (Å²) >= 11 is 0. The van der Waals surface area contributed by atoms with E-state index in [1.54, 1.807) is 24.1 Å². The van der Waals surface area contributed by atoms with E-state index in [-0.39, 0.29) is 25.5 Å². The van der Waals surface area contributed by atoms with E-state index in [2.05, 4.69) is 9.72 Å². The highest BCUT2D eigenvalue weighted by Gasteiger charge is 2.35. The Bertz CT molecular complexity index is 725. The molecule has 1 aromatic heterocycles. The van der Waals surface area contributed by atoms with Crippen molar-refractivity contribution >= 4 is 17.4 Å². The number of alkyl halides is 2. The second-order valence-electron chi connectivity index (χ2n) is 6.77. The fourth-order valence-electron chi connectivity index (χ4n) is 2.96. The van der Waals surface area contributed by atoms with E-state index < -0.39 is 5.92 Å². The molecule has 29 heavy (non-hydrogen) atoms. The second-order valence-corrected chi connectivity index (χ2v) is 6.77. The van der Waals surface area contributed by atoms with Crippen molar-refractivity contribution in [1.29, 1.82) is 0 Å². The standard InChI is InChI=1S/C16H26F2N6.C3H6O2/c1-3-11-13(24-8-4-7-16(17,18)10-24)6-5-12(22-11)15(20)14(9-19)23(2)21;1-3(4)5-2/h5-6H,3-4,7-10,19-21H2,1-2H3;1-2H3/b15-14-;. The van der Waals surface area contributed by atoms with Crippen LogP contribution in [0.4, 0.5) is 14.5 Å². The van der Waals surface area contributed by atoms with E-state index in [1.165, 1.54) is 19.0 Å². The Morgan fingerprint density at radius 3 is 2.48 bits per heavy atom. The van der Waals surface area contributed by atoms with Gasteiger partial charge < -0.3 is 26.1 Å². The van der Waals surface area contributed by atoms with Crippen LogP contribution >= 0.6 is 0 Å². The van der Waals surface area contributed by atoms with E-state index in [0.717, 1.165) is 11.4 Å². The maximum Gasteiger partial charge on any atom is 0.302 e. The summed E-state index contributed by atoms with van der Waals surface area (Å²) in [5, 5.41) is 1.36. The predicted molar refractivity (Wildman–Crippen MR) is 110 cm³/mol. The molecule has 10 heteroatoms. The van der Waals surface area contributed by atoms with Crippen LogP contribution in [0.1, 0.15) is 38.1 Å². The minimum absolute atomic E-state index is 0.0607. The van der Waals surface area contributed by atoms with Crippen molar-refractivity contribution in [3.05, 3.63) is 29.2 Å². The summed E-state index contributed by atoms with van der Waals surface area (Å²) in [7, 11) is 3.00. The Balaban J connectivity index is 0.000000749. The minimum atomic E-state index is -2.66. The number of halogens is 2. The number of pyridine rings is 1. The maximum absolute atomic E-state index is 13.7. The van der Waals surface area contributed by atoms with Crippen molar-refractivity contribution in [2.45, 2.75) is 39.0 Å². The number of ether oxygens (including phenoxy) is 1. The average Bonchev–Trinajstić information content (AvgIpc) is 2.67. The molecule has 6 N–H and O–H groups in total. The van der Waals surface area contributed by atoms with Gasteiger partial charge in [-0.3, -0.25) is 4.79 Å². The monoisotopic (exact) mass is 414 g/mol. The fraction of sp³-hybridized carbons (Fsp3) is 0.579. The van der Waals surface area contributed by atoms with Gasteiger partial charge in [0.2, 0.25) is 0 Å². The molecule has 1 aliphatic heterocycles. The highest BCUT2D eigenvalue weighted by Crippen LogP contribution is 2.32. The molecule has 0 unspecified atom stereocenters. The molecule has 1 aliphatic rings. The first-order valence-electron chi connectivity index (χ1n) is 9.41. The third kappa shape index (κ3) is 7.13. The summed E-state index contributed by atoms with van der Waals surface area (Å²) in [6.07, 6.45) is 1.03. The van der Waals surface area contributed by atoms with E-state index in [4.69, 9.17) is 17.3 Å². The highest BCUT2D eigenvalue weighted by atomic mass is 19.3. The molecule has 2 rings (SSSR count). The molecular formula is C19H32F2N6O2. The zero-order chi connectivity index (χ0) is 22.2. The SMILES string of the molecule is CCc1nc(/C(N)=C(\CN)N(C)N)ccc1N1CCCC(F)(F)C1.COC(C)=O. The van der Waals surface area contributed by atoms with Gasteiger partial charge in [0.1, 0.15) is 0 Å². The van der Waals surface area contributed by atoms with Crippen LogP contribution < -0.4 is 22.2 Å². The van der Waals surface area contributed by atoms with Crippen molar-refractivity contribution in [2.24, 2.45) is 17.3 Å². The van der Waals surface area contributed by atoms with E-state index in [9.17, 15) is 13.6 Å². The van der Waals surface area contributed by atoms with Crippen molar-refractivity contribution in [2.75, 3.05) is 38.7 Å². The number of aryl methyl sites for hydroxylation is 1. The van der Waals surface area contributed by atoms with Crippen LogP contribution in [-0.4, -0.2) is 55.7 Å². The van der Waals surface area contributed by atoms with Crippen LogP contribution in [-0.2, 0) is 16.0 Å². The number of nitrogens with two attached hydrogens (primary N) is 3. The van der Waals surface area contributed by atoms with Crippen molar-refractivity contribution in [3.8, 4) is 0 Å². The molecule has 0 aromatic carbocycles. The van der Waals surface area contributed by atoms with Crippen LogP contribution in [0.15, 0.2) is 17.8 Å². The van der Waals surface area contributed by atoms with Gasteiger partial charge in [0.15, 0.2) is 0 Å². The number of piperidine rings is 1. The molecule has 0 aliphatic carbocycles. The lowest BCUT2D eigenvalue weighted by Gasteiger charge is -2.35. The number of nitrogens with zero attached hydrogens (tertiary/aromatic N) is 3. The van der Waals surface area contributed by atoms with Crippen molar-refractivity contribution in [3.63, 3.8) is 0 Å². The van der Waals surface area contributed by atoms with Gasteiger partial charge in [-0.05, 0) is 25.0 Å². The van der Waals surface area contributed by atoms with Gasteiger partial charge in [0.25, 0.3) is 5.92 Å². The summed E-state index contributed by atoms with van der Waals surface area (Å²) < 4.78 is 31.5. The molecule has 0 saturated carbocycles. The Morgan fingerprint density at radius 2 is 2.03 bits per heavy atom. The van der Waals surface area contributed by atoms with Gasteiger partial charge in [-0.15, -0.1) is 0 Å². The second kappa shape index (κ2) is 10.9. The summed E-state index contributed by atoms with van der Waals surface area (Å²) in [6, 6.07) is 3.54. The molecule has 0 radical (unpaired) electrons. The quantitative estimate of drug-likeness (QED) is 0.376. The first kappa shape index (κ1) is 24.6. The van der Waals surface area contributed by atoms with Crippen LogP contribution in [0.25, 0.3) is 5.70 Å². The van der Waals surface area contributed by atoms with Gasteiger partial charge in [-0.1, -0.05) is 6.92 Å². The normalized spacial score (nSPS) is 16.3. The molecule has 0 bridgehead atoms. The number of esters is 1. The predicted octanol–water partition coefficient (Wildman–Crippen LogP) is 1.45. The van der Waals surface area contributed by atoms with Crippen LogP contribution in [0.5, 0.6) is 0 Å². The Morgan fingerprint density at radius 1 is 1.41 bits per heavy atom. The number of carbonyl (C=O) groups excluding carboxylic acids is 1. The third-order valence-corrected chi connectivity index (χ3v) is 4.51. The molecule has 1 saturated heterocycles. The summed E-state index contributed by atoms with van der Waals surface area (Å²) in [6.45, 7) is 3.82. The van der Waals surface area contributed by atoms with Gasteiger partial charge in [-0.25, -0.2) is 19.6 Å². The minimum Gasteiger partial charge on any atom is -0.469 e. The van der Waals surface area contributed by atoms with Crippen LogP contribution in [0.3, 0.4) is 0 Å². The third-order valence-electron chi connectivity index (χ3n) is 4.51. The number of hydrogen-bond acceptors (Lipinski definition) is 8. The molecular weight excluding hydrogens is 382 g/mol. The number of likely N-dealkylation sites (N-methyl/N-ethyl adjacent to an activating group) is 1. The average molecular weight is 415 g/mol. The molecule has 164 valence electrons. The molecule has 2 heterocycles. The van der Waals surface area contributed by atoms with E-state index in [1.807, 2.05) is 6.92 Å². The number of methoxy groups -OCH3 is 1. The van der Waals surface area contributed by atoms with Crippen LogP contribution in [0, 0.1) is 0 Å². The zero-order valence-corrected chi connectivity index (χ0v) is 17.5. The van der Waals surface area contributed by atoms with Gasteiger partial charge in [0.05, 0.1) is 42.1 Å². The van der Waals surface area contributed by atoms with Crippen molar-refractivity contribution in [1.82, 2.24) is 9.99 Å². The Kier molecular flexibility index (Phi) is 9.25. The largest absolute Gasteiger partial charge is 0.469 e. The molecule has 8 nitrogen and oxygen atoms in total. The van der Waals surface area contributed by atoms with Crippen LogP contribution in [0.2, 0.25) is 0 Å². The van der Waals surface area contributed by atoms with Gasteiger partial charge >= 0.3 is 5.97 Å². The van der Waals surface area contributed by atoms with Gasteiger partial charge in [0, 0.05) is 33.5 Å². The lowest BCUT2D eigenvalue weighted by molar-refractivity contribution is -0.137. The molecule has 0 spiro atoms. The fourth-order valence-corrected chi connectivity index (χ4v) is 2.96. The summed E-state index contributed by atoms with van der Waals surface area (Å²) in [5.41, 5.74) is 14.8. The molecule has 1 fully saturated rings. The maximum atomic E-state index is 13.7. The lowest BCUT2D eigenvalue weighted by Crippen LogP contribution is -2.43. The van der Waals surface area contributed by atoms with Gasteiger partial charge in [-0.2, -0.15) is 0 Å². The number of hydrogen-bond donors (Lipinski definition) is 3. The molecule has 1 aromatic rings. The number of carbonyl (C=O) groups is 1. The number of anilines is 1. The van der Waals surface area contributed by atoms with E-state index >= 15 is 0 Å². The Hall–Kier alpha value is -2.46. The smallest absolute Gasteiger partial charge is 0.302 e. The van der Waals surface area contributed by atoms with Crippen molar-refractivity contribution < 1.29 is 18.3 Å². The zero-order valence-electron chi connectivity index (χ0n) is 17.5. The summed E-state index contributed by atoms with van der Waals surface area (Å²) in [5.74, 6) is 2.83. The number of rotatable bonds is 5. The first-order valence-corrected chi connectivity index (χ1v) is 9.41. The molecule has 0 amide bonds. The molecule has 0 atom stereocenters. The van der Waals surface area contributed by atoms with E-state index in [0.29, 0.717) is 36.5 Å².